The van der Waals surface area contributed by atoms with Crippen molar-refractivity contribution in [3.05, 3.63) is 54.6 Å². The molecule has 110 valence electrons. The second-order valence-corrected chi connectivity index (χ2v) is 4.30. The van der Waals surface area contributed by atoms with Crippen molar-refractivity contribution in [2.45, 2.75) is 13.0 Å². The smallest absolute Gasteiger partial charge is 0.309 e. The third kappa shape index (κ3) is 4.76. The van der Waals surface area contributed by atoms with E-state index in [-0.39, 0.29) is 19.0 Å². The van der Waals surface area contributed by atoms with Gasteiger partial charge in [0.05, 0.1) is 26.4 Å². The largest absolute Gasteiger partial charge is 0.469 e. The summed E-state index contributed by atoms with van der Waals surface area (Å²) >= 11 is 0. The van der Waals surface area contributed by atoms with Gasteiger partial charge in [0.1, 0.15) is 12.3 Å². The van der Waals surface area contributed by atoms with Crippen LogP contribution >= 0.6 is 0 Å². The number of oxime groups is 1. The molecule has 0 saturated heterocycles. The van der Waals surface area contributed by atoms with Gasteiger partial charge < -0.3 is 14.1 Å². The lowest BCUT2D eigenvalue weighted by Crippen LogP contribution is -2.12. The van der Waals surface area contributed by atoms with Gasteiger partial charge in [-0.3, -0.25) is 4.79 Å². The van der Waals surface area contributed by atoms with Crippen LogP contribution in [0.5, 0.6) is 0 Å². The second kappa shape index (κ2) is 7.84. The lowest BCUT2D eigenvalue weighted by molar-refractivity contribution is -0.141. The van der Waals surface area contributed by atoms with Crippen molar-refractivity contribution in [3.8, 4) is 0 Å². The van der Waals surface area contributed by atoms with E-state index >= 15 is 0 Å². The molecule has 2 aromatic rings. The fourth-order valence-corrected chi connectivity index (χ4v) is 1.71. The summed E-state index contributed by atoms with van der Waals surface area (Å²) in [6.45, 7) is 0.731. The van der Waals surface area contributed by atoms with E-state index in [0.717, 1.165) is 11.3 Å². The van der Waals surface area contributed by atoms with Gasteiger partial charge in [0, 0.05) is 18.0 Å². The van der Waals surface area contributed by atoms with E-state index < -0.39 is 0 Å². The first-order chi connectivity index (χ1) is 10.3. The van der Waals surface area contributed by atoms with Crippen LogP contribution in [0.15, 0.2) is 54.2 Å². The number of esters is 1. The highest BCUT2D eigenvalue weighted by atomic mass is 16.6. The quantitative estimate of drug-likeness (QED) is 0.337. The molecule has 0 saturated carbocycles. The second-order valence-electron chi connectivity index (χ2n) is 4.30. The van der Waals surface area contributed by atoms with Crippen molar-refractivity contribution < 1.29 is 14.4 Å². The molecule has 0 N–H and O–H groups in total. The highest BCUT2D eigenvalue weighted by Gasteiger charge is 2.06. The summed E-state index contributed by atoms with van der Waals surface area (Å²) in [4.78, 5) is 20.3. The monoisotopic (exact) mass is 287 g/mol. The van der Waals surface area contributed by atoms with Crippen LogP contribution in [0.2, 0.25) is 0 Å². The van der Waals surface area contributed by atoms with Gasteiger partial charge in [-0.15, -0.1) is 0 Å². The minimum absolute atomic E-state index is 0.174. The van der Waals surface area contributed by atoms with Gasteiger partial charge in [-0.05, 0) is 0 Å². The first-order valence-electron chi connectivity index (χ1n) is 6.56. The van der Waals surface area contributed by atoms with Crippen LogP contribution in [0.3, 0.4) is 0 Å². The van der Waals surface area contributed by atoms with E-state index in [1.165, 1.54) is 7.11 Å². The van der Waals surface area contributed by atoms with E-state index in [2.05, 4.69) is 14.9 Å². The Balaban J connectivity index is 2.03. The molecule has 21 heavy (non-hydrogen) atoms. The van der Waals surface area contributed by atoms with Gasteiger partial charge in [0.2, 0.25) is 0 Å². The zero-order valence-electron chi connectivity index (χ0n) is 11.8. The molecule has 0 atom stereocenters. The third-order valence-corrected chi connectivity index (χ3v) is 2.80. The van der Waals surface area contributed by atoms with Crippen molar-refractivity contribution in [2.24, 2.45) is 5.16 Å². The molecule has 0 aliphatic rings. The molecule has 6 heteroatoms. The SMILES string of the molecule is COC(=O)CCO/N=C(/Cn1ccnc1)c1ccccc1. The number of rotatable bonds is 7. The minimum Gasteiger partial charge on any atom is -0.469 e. The van der Waals surface area contributed by atoms with Gasteiger partial charge >= 0.3 is 5.97 Å². The van der Waals surface area contributed by atoms with E-state index in [1.54, 1.807) is 12.5 Å². The van der Waals surface area contributed by atoms with Crippen LogP contribution in [0, 0.1) is 0 Å². The van der Waals surface area contributed by atoms with Crippen LogP contribution in [-0.2, 0) is 20.9 Å². The number of methoxy groups -OCH3 is 1. The molecule has 0 aliphatic heterocycles. The zero-order chi connectivity index (χ0) is 14.9. The van der Waals surface area contributed by atoms with Crippen LogP contribution in [0.1, 0.15) is 12.0 Å². The maximum absolute atomic E-state index is 11.0. The summed E-state index contributed by atoms with van der Waals surface area (Å²) in [5.41, 5.74) is 1.72. The van der Waals surface area contributed by atoms with Crippen molar-refractivity contribution in [1.29, 1.82) is 0 Å². The van der Waals surface area contributed by atoms with Crippen LogP contribution in [0.4, 0.5) is 0 Å². The van der Waals surface area contributed by atoms with Crippen LogP contribution in [-0.4, -0.2) is 34.9 Å². The molecule has 0 radical (unpaired) electrons. The van der Waals surface area contributed by atoms with Crippen molar-refractivity contribution in [1.82, 2.24) is 9.55 Å². The van der Waals surface area contributed by atoms with E-state index in [9.17, 15) is 4.79 Å². The summed E-state index contributed by atoms with van der Waals surface area (Å²) in [6.07, 6.45) is 5.45. The Bertz CT molecular complexity index is 579. The van der Waals surface area contributed by atoms with Crippen LogP contribution in [0.25, 0.3) is 0 Å². The summed E-state index contributed by atoms with van der Waals surface area (Å²) in [6, 6.07) is 9.73. The Labute approximate surface area is 123 Å². The molecule has 0 spiro atoms. The normalized spacial score (nSPS) is 11.2. The highest BCUT2D eigenvalue weighted by Crippen LogP contribution is 2.05. The summed E-state index contributed by atoms with van der Waals surface area (Å²) in [7, 11) is 1.35. The molecule has 1 heterocycles. The molecule has 2 rings (SSSR count). The Morgan fingerprint density at radius 1 is 1.33 bits per heavy atom. The number of benzene rings is 1. The Hall–Kier alpha value is -2.63. The molecular formula is C15H17N3O3. The fraction of sp³-hybridized carbons (Fsp3) is 0.267. The van der Waals surface area contributed by atoms with Gasteiger partial charge in [-0.25, -0.2) is 4.98 Å². The number of ether oxygens (including phenoxy) is 1. The minimum atomic E-state index is -0.318. The third-order valence-electron chi connectivity index (χ3n) is 2.80. The molecule has 1 aromatic carbocycles. The topological polar surface area (TPSA) is 65.7 Å². The number of aromatic nitrogens is 2. The van der Waals surface area contributed by atoms with E-state index in [1.807, 2.05) is 41.1 Å². The van der Waals surface area contributed by atoms with Crippen molar-refractivity contribution in [2.75, 3.05) is 13.7 Å². The van der Waals surface area contributed by atoms with Gasteiger partial charge in [0.15, 0.2) is 0 Å². The molecule has 0 fully saturated rings. The maximum Gasteiger partial charge on any atom is 0.309 e. The molecule has 0 aliphatic carbocycles. The predicted molar refractivity (Wildman–Crippen MR) is 77.8 cm³/mol. The Morgan fingerprint density at radius 3 is 2.81 bits per heavy atom. The fourth-order valence-electron chi connectivity index (χ4n) is 1.71. The number of imidazole rings is 1. The van der Waals surface area contributed by atoms with Crippen LogP contribution < -0.4 is 0 Å². The maximum atomic E-state index is 11.0. The van der Waals surface area contributed by atoms with Gasteiger partial charge in [0.25, 0.3) is 0 Å². The zero-order valence-corrected chi connectivity index (χ0v) is 11.8. The molecule has 0 unspecified atom stereocenters. The van der Waals surface area contributed by atoms with Gasteiger partial charge in [-0.1, -0.05) is 35.5 Å². The Morgan fingerprint density at radius 2 is 2.14 bits per heavy atom. The number of hydrogen-bond acceptors (Lipinski definition) is 5. The van der Waals surface area contributed by atoms with Crippen molar-refractivity contribution in [3.63, 3.8) is 0 Å². The first-order valence-corrected chi connectivity index (χ1v) is 6.56. The van der Waals surface area contributed by atoms with Gasteiger partial charge in [-0.2, -0.15) is 0 Å². The Kier molecular flexibility index (Phi) is 5.51. The molecule has 0 bridgehead atoms. The standard InChI is InChI=1S/C15H17N3O3/c1-20-15(19)7-10-21-17-14(11-18-9-8-16-12-18)13-5-3-2-4-6-13/h2-6,8-9,12H,7,10-11H2,1H3/b17-14-. The molecule has 6 nitrogen and oxygen atoms in total. The molecule has 0 amide bonds. The molecular weight excluding hydrogens is 270 g/mol. The number of nitrogens with zero attached hydrogens (tertiary/aromatic N) is 3. The summed E-state index contributed by atoms with van der Waals surface area (Å²) < 4.78 is 6.45. The first kappa shape index (κ1) is 14.8. The molecule has 1 aromatic heterocycles. The number of hydrogen-bond donors (Lipinski definition) is 0. The van der Waals surface area contributed by atoms with E-state index in [0.29, 0.717) is 6.54 Å². The lowest BCUT2D eigenvalue weighted by atomic mass is 10.1. The number of carbonyl (C=O) groups is 1. The number of carbonyl (C=O) groups excluding carboxylic acids is 1. The summed E-state index contributed by atoms with van der Waals surface area (Å²) in [5.74, 6) is -0.318. The highest BCUT2D eigenvalue weighted by molar-refractivity contribution is 6.00. The predicted octanol–water partition coefficient (Wildman–Crippen LogP) is 1.87. The lowest BCUT2D eigenvalue weighted by Gasteiger charge is -2.07. The van der Waals surface area contributed by atoms with Crippen molar-refractivity contribution >= 4 is 11.7 Å². The van der Waals surface area contributed by atoms with E-state index in [4.69, 9.17) is 4.84 Å². The average molecular weight is 287 g/mol. The summed E-state index contributed by atoms with van der Waals surface area (Å²) in [5, 5.41) is 4.14. The average Bonchev–Trinajstić information content (AvgIpc) is 3.04.